The quantitative estimate of drug-likeness (QED) is 0.870. The molecule has 1 amide bonds. The SMILES string of the molecule is CNC(=O)C1CCCCN1c1ccc(CO)c(C)c1. The van der Waals surface area contributed by atoms with Crippen molar-refractivity contribution in [1.82, 2.24) is 5.32 Å². The van der Waals surface area contributed by atoms with E-state index in [9.17, 15) is 9.90 Å². The third-order valence-corrected chi connectivity index (χ3v) is 3.88. The van der Waals surface area contributed by atoms with Gasteiger partial charge in [-0.25, -0.2) is 0 Å². The third kappa shape index (κ3) is 2.89. The Bertz CT molecular complexity index is 459. The second kappa shape index (κ2) is 6.06. The van der Waals surface area contributed by atoms with Crippen LogP contribution in [0.2, 0.25) is 0 Å². The van der Waals surface area contributed by atoms with Gasteiger partial charge in [-0.2, -0.15) is 0 Å². The number of aliphatic hydroxyl groups excluding tert-OH is 1. The van der Waals surface area contributed by atoms with Crippen molar-refractivity contribution in [2.45, 2.75) is 38.8 Å². The smallest absolute Gasteiger partial charge is 0.242 e. The van der Waals surface area contributed by atoms with Gasteiger partial charge in [-0.1, -0.05) is 6.07 Å². The Morgan fingerprint density at radius 2 is 2.26 bits per heavy atom. The molecule has 104 valence electrons. The number of benzene rings is 1. The van der Waals surface area contributed by atoms with E-state index in [0.29, 0.717) is 0 Å². The van der Waals surface area contributed by atoms with Gasteiger partial charge < -0.3 is 15.3 Å². The summed E-state index contributed by atoms with van der Waals surface area (Å²) in [5.41, 5.74) is 3.08. The summed E-state index contributed by atoms with van der Waals surface area (Å²) in [6.07, 6.45) is 3.12. The van der Waals surface area contributed by atoms with Gasteiger partial charge in [0.2, 0.25) is 5.91 Å². The van der Waals surface area contributed by atoms with Crippen molar-refractivity contribution in [3.8, 4) is 0 Å². The van der Waals surface area contributed by atoms with Gasteiger partial charge in [0.15, 0.2) is 0 Å². The lowest BCUT2D eigenvalue weighted by atomic mass is 9.99. The maximum absolute atomic E-state index is 12.0. The van der Waals surface area contributed by atoms with E-state index in [4.69, 9.17) is 0 Å². The van der Waals surface area contributed by atoms with E-state index in [-0.39, 0.29) is 18.6 Å². The number of carbonyl (C=O) groups excluding carboxylic acids is 1. The molecule has 1 unspecified atom stereocenters. The number of hydrogen-bond donors (Lipinski definition) is 2. The molecule has 0 aromatic heterocycles. The summed E-state index contributed by atoms with van der Waals surface area (Å²) in [5, 5.41) is 12.0. The lowest BCUT2D eigenvalue weighted by Crippen LogP contribution is -2.48. The third-order valence-electron chi connectivity index (χ3n) is 3.88. The maximum atomic E-state index is 12.0. The summed E-state index contributed by atoms with van der Waals surface area (Å²) in [4.78, 5) is 14.1. The van der Waals surface area contributed by atoms with Crippen LogP contribution in [0.5, 0.6) is 0 Å². The van der Waals surface area contributed by atoms with Crippen molar-refractivity contribution in [2.24, 2.45) is 0 Å². The number of anilines is 1. The largest absolute Gasteiger partial charge is 0.392 e. The number of likely N-dealkylation sites (N-methyl/N-ethyl adjacent to an activating group) is 1. The monoisotopic (exact) mass is 262 g/mol. The zero-order chi connectivity index (χ0) is 13.8. The number of amides is 1. The van der Waals surface area contributed by atoms with Gasteiger partial charge in [0, 0.05) is 19.3 Å². The molecule has 1 saturated heterocycles. The van der Waals surface area contributed by atoms with Crippen molar-refractivity contribution in [3.05, 3.63) is 29.3 Å². The first-order chi connectivity index (χ1) is 9.17. The van der Waals surface area contributed by atoms with Crippen LogP contribution in [-0.4, -0.2) is 30.6 Å². The summed E-state index contributed by atoms with van der Waals surface area (Å²) in [6, 6.07) is 5.94. The second-order valence-electron chi connectivity index (χ2n) is 5.09. The first-order valence-electron chi connectivity index (χ1n) is 6.86. The van der Waals surface area contributed by atoms with Crippen molar-refractivity contribution in [1.29, 1.82) is 0 Å². The molecule has 2 N–H and O–H groups in total. The Morgan fingerprint density at radius 1 is 1.47 bits per heavy atom. The van der Waals surface area contributed by atoms with Crippen LogP contribution in [0.4, 0.5) is 5.69 Å². The summed E-state index contributed by atoms with van der Waals surface area (Å²) in [7, 11) is 1.69. The molecule has 1 aromatic rings. The standard InChI is InChI=1S/C15H22N2O2/c1-11-9-13(7-6-12(11)10-18)17-8-4-3-5-14(17)15(19)16-2/h6-7,9,14,18H,3-5,8,10H2,1-2H3,(H,16,19). The van der Waals surface area contributed by atoms with E-state index in [1.54, 1.807) is 7.05 Å². The molecule has 0 aliphatic carbocycles. The van der Waals surface area contributed by atoms with Crippen LogP contribution in [0.1, 0.15) is 30.4 Å². The molecule has 19 heavy (non-hydrogen) atoms. The molecular weight excluding hydrogens is 240 g/mol. The number of piperidine rings is 1. The van der Waals surface area contributed by atoms with Crippen molar-refractivity contribution in [3.63, 3.8) is 0 Å². The first-order valence-corrected chi connectivity index (χ1v) is 6.86. The zero-order valence-electron chi connectivity index (χ0n) is 11.6. The highest BCUT2D eigenvalue weighted by Crippen LogP contribution is 2.26. The molecule has 2 rings (SSSR count). The average molecular weight is 262 g/mol. The summed E-state index contributed by atoms with van der Waals surface area (Å²) >= 11 is 0. The predicted molar refractivity (Wildman–Crippen MR) is 76.2 cm³/mol. The van der Waals surface area contributed by atoms with Crippen molar-refractivity contribution >= 4 is 11.6 Å². The topological polar surface area (TPSA) is 52.6 Å². The van der Waals surface area contributed by atoms with E-state index in [1.165, 1.54) is 0 Å². The Kier molecular flexibility index (Phi) is 4.43. The fraction of sp³-hybridized carbons (Fsp3) is 0.533. The van der Waals surface area contributed by atoms with E-state index in [1.807, 2.05) is 19.1 Å². The molecule has 0 saturated carbocycles. The van der Waals surface area contributed by atoms with Crippen LogP contribution in [0.25, 0.3) is 0 Å². The van der Waals surface area contributed by atoms with Gasteiger partial charge in [-0.3, -0.25) is 4.79 Å². The summed E-state index contributed by atoms with van der Waals surface area (Å²) in [5.74, 6) is 0.0867. The highest BCUT2D eigenvalue weighted by Gasteiger charge is 2.28. The van der Waals surface area contributed by atoms with E-state index < -0.39 is 0 Å². The molecular formula is C15H22N2O2. The van der Waals surface area contributed by atoms with Crippen LogP contribution in [0.3, 0.4) is 0 Å². The zero-order valence-corrected chi connectivity index (χ0v) is 11.6. The maximum Gasteiger partial charge on any atom is 0.242 e. The molecule has 0 radical (unpaired) electrons. The molecule has 4 heteroatoms. The molecule has 0 spiro atoms. The van der Waals surface area contributed by atoms with Gasteiger partial charge in [-0.15, -0.1) is 0 Å². The molecule has 1 aromatic carbocycles. The number of aryl methyl sites for hydroxylation is 1. The fourth-order valence-corrected chi connectivity index (χ4v) is 2.72. The van der Waals surface area contributed by atoms with E-state index >= 15 is 0 Å². The average Bonchev–Trinajstić information content (AvgIpc) is 2.46. The fourth-order valence-electron chi connectivity index (χ4n) is 2.72. The van der Waals surface area contributed by atoms with Crippen molar-refractivity contribution < 1.29 is 9.90 Å². The Labute approximate surface area is 114 Å². The van der Waals surface area contributed by atoms with Gasteiger partial charge >= 0.3 is 0 Å². The van der Waals surface area contributed by atoms with Gasteiger partial charge in [0.25, 0.3) is 0 Å². The van der Waals surface area contributed by atoms with Gasteiger partial charge in [0.1, 0.15) is 6.04 Å². The van der Waals surface area contributed by atoms with E-state index in [0.717, 1.165) is 42.6 Å². The molecule has 1 aliphatic rings. The number of carbonyl (C=O) groups is 1. The van der Waals surface area contributed by atoms with Crippen LogP contribution >= 0.6 is 0 Å². The number of hydrogen-bond acceptors (Lipinski definition) is 3. The minimum atomic E-state index is -0.0712. The van der Waals surface area contributed by atoms with Crippen LogP contribution < -0.4 is 10.2 Å². The minimum Gasteiger partial charge on any atom is -0.392 e. The van der Waals surface area contributed by atoms with Gasteiger partial charge in [0.05, 0.1) is 6.61 Å². The van der Waals surface area contributed by atoms with Crippen LogP contribution in [0, 0.1) is 6.92 Å². The van der Waals surface area contributed by atoms with Crippen molar-refractivity contribution in [2.75, 3.05) is 18.5 Å². The molecule has 0 bridgehead atoms. The first kappa shape index (κ1) is 13.9. The number of rotatable bonds is 3. The normalized spacial score (nSPS) is 19.3. The Balaban J connectivity index is 2.27. The van der Waals surface area contributed by atoms with E-state index in [2.05, 4.69) is 16.3 Å². The second-order valence-corrected chi connectivity index (χ2v) is 5.09. The highest BCUT2D eigenvalue weighted by molar-refractivity contribution is 5.85. The van der Waals surface area contributed by atoms with Crippen LogP contribution in [0.15, 0.2) is 18.2 Å². The number of nitrogens with zero attached hydrogens (tertiary/aromatic N) is 1. The Morgan fingerprint density at radius 3 is 2.89 bits per heavy atom. The van der Waals surface area contributed by atoms with Gasteiger partial charge in [-0.05, 0) is 49.4 Å². The molecule has 1 fully saturated rings. The molecule has 1 heterocycles. The summed E-state index contributed by atoms with van der Waals surface area (Å²) in [6.45, 7) is 2.97. The number of nitrogens with one attached hydrogen (secondary N) is 1. The summed E-state index contributed by atoms with van der Waals surface area (Å²) < 4.78 is 0. The van der Waals surface area contributed by atoms with Crippen LogP contribution in [-0.2, 0) is 11.4 Å². The predicted octanol–water partition coefficient (Wildman–Crippen LogP) is 1.59. The number of aliphatic hydroxyl groups is 1. The minimum absolute atomic E-state index is 0.0605. The molecule has 1 atom stereocenters. The molecule has 1 aliphatic heterocycles. The Hall–Kier alpha value is -1.55. The lowest BCUT2D eigenvalue weighted by Gasteiger charge is -2.36. The lowest BCUT2D eigenvalue weighted by molar-refractivity contribution is -0.122. The molecule has 4 nitrogen and oxygen atoms in total. The highest BCUT2D eigenvalue weighted by atomic mass is 16.3.